The first-order valence-corrected chi connectivity index (χ1v) is 25.9. The molecule has 0 aromatic rings. The SMILES string of the molecule is CCCCC/C=C\C/C=C\CCCCCCCCOCC12CCC3C(C)(C)CCCC3(C)C1CC=C(COC(=O)CCCCCCC/C=C\C/C=C\CCCCC)CC2O. The first-order valence-electron chi connectivity index (χ1n) is 25.9. The van der Waals surface area contributed by atoms with Gasteiger partial charge in [-0.3, -0.25) is 4.79 Å². The van der Waals surface area contributed by atoms with Gasteiger partial charge in [0.05, 0.1) is 12.7 Å². The molecule has 0 spiro atoms. The molecule has 2 saturated carbocycles. The van der Waals surface area contributed by atoms with E-state index in [1.165, 1.54) is 135 Å². The summed E-state index contributed by atoms with van der Waals surface area (Å²) in [6, 6.07) is 0. The third-order valence-corrected chi connectivity index (χ3v) is 15.0. The number of esters is 1. The number of fused-ring (bicyclic) bond motifs is 3. The fourth-order valence-electron chi connectivity index (χ4n) is 11.4. The molecule has 4 nitrogen and oxygen atoms in total. The summed E-state index contributed by atoms with van der Waals surface area (Å²) in [7, 11) is 0. The molecule has 344 valence electrons. The van der Waals surface area contributed by atoms with Crippen molar-refractivity contribution >= 4 is 5.97 Å². The highest BCUT2D eigenvalue weighted by Gasteiger charge is 2.61. The van der Waals surface area contributed by atoms with Crippen LogP contribution in [0.5, 0.6) is 0 Å². The smallest absolute Gasteiger partial charge is 0.306 e. The number of unbranched alkanes of at least 4 members (excludes halogenated alkanes) is 17. The van der Waals surface area contributed by atoms with Crippen LogP contribution in [0.1, 0.15) is 234 Å². The largest absolute Gasteiger partial charge is 0.461 e. The zero-order chi connectivity index (χ0) is 43.2. The van der Waals surface area contributed by atoms with Crippen LogP contribution in [0.2, 0.25) is 0 Å². The zero-order valence-electron chi connectivity index (χ0n) is 40.1. The molecule has 60 heavy (non-hydrogen) atoms. The molecule has 0 aromatic carbocycles. The van der Waals surface area contributed by atoms with Crippen molar-refractivity contribution in [3.8, 4) is 0 Å². The number of hydrogen-bond acceptors (Lipinski definition) is 4. The monoisotopic (exact) mass is 833 g/mol. The highest BCUT2D eigenvalue weighted by atomic mass is 16.5. The summed E-state index contributed by atoms with van der Waals surface area (Å²) in [6.45, 7) is 13.8. The van der Waals surface area contributed by atoms with Crippen LogP contribution < -0.4 is 0 Å². The number of carbonyl (C=O) groups excluding carboxylic acids is 1. The van der Waals surface area contributed by atoms with E-state index in [9.17, 15) is 9.90 Å². The second-order valence-corrected chi connectivity index (χ2v) is 20.3. The van der Waals surface area contributed by atoms with Gasteiger partial charge >= 0.3 is 5.97 Å². The van der Waals surface area contributed by atoms with E-state index in [2.05, 4.69) is 89.3 Å². The quantitative estimate of drug-likeness (QED) is 0.0407. The Morgan fingerprint density at radius 2 is 1.20 bits per heavy atom. The van der Waals surface area contributed by atoms with E-state index in [1.807, 2.05) is 0 Å². The van der Waals surface area contributed by atoms with Crippen molar-refractivity contribution in [1.82, 2.24) is 0 Å². The van der Waals surface area contributed by atoms with Crippen molar-refractivity contribution in [3.05, 3.63) is 60.3 Å². The lowest BCUT2D eigenvalue weighted by Gasteiger charge is -2.63. The molecule has 0 aliphatic heterocycles. The number of allylic oxidation sites excluding steroid dienone is 9. The Morgan fingerprint density at radius 3 is 1.78 bits per heavy atom. The van der Waals surface area contributed by atoms with Crippen molar-refractivity contribution in [3.63, 3.8) is 0 Å². The maximum absolute atomic E-state index is 12.9. The van der Waals surface area contributed by atoms with Crippen LogP contribution in [0, 0.1) is 28.1 Å². The van der Waals surface area contributed by atoms with Gasteiger partial charge in [0.25, 0.3) is 0 Å². The lowest BCUT2D eigenvalue weighted by molar-refractivity contribution is -0.188. The molecule has 2 fully saturated rings. The minimum atomic E-state index is -0.476. The number of aliphatic hydroxyl groups is 1. The molecule has 0 saturated heterocycles. The Kier molecular flexibility index (Phi) is 27.1. The number of rotatable bonds is 33. The Balaban J connectivity index is 1.37. The van der Waals surface area contributed by atoms with Gasteiger partial charge in [-0.15, -0.1) is 0 Å². The fourth-order valence-corrected chi connectivity index (χ4v) is 11.4. The number of carbonyl (C=O) groups is 1. The van der Waals surface area contributed by atoms with Crippen molar-refractivity contribution in [2.75, 3.05) is 19.8 Å². The third-order valence-electron chi connectivity index (χ3n) is 15.0. The molecule has 5 unspecified atom stereocenters. The Hall–Kier alpha value is -1.91. The van der Waals surface area contributed by atoms with Gasteiger partial charge in [-0.05, 0) is 144 Å². The van der Waals surface area contributed by atoms with Crippen LogP contribution in [0.15, 0.2) is 60.3 Å². The molecule has 0 heterocycles. The normalized spacial score (nSPS) is 25.6. The second kappa shape index (κ2) is 31.0. The maximum Gasteiger partial charge on any atom is 0.306 e. The average Bonchev–Trinajstić information content (AvgIpc) is 3.37. The van der Waals surface area contributed by atoms with Crippen LogP contribution in [-0.4, -0.2) is 37.0 Å². The van der Waals surface area contributed by atoms with Gasteiger partial charge < -0.3 is 14.6 Å². The molecule has 0 aromatic heterocycles. The van der Waals surface area contributed by atoms with Crippen molar-refractivity contribution in [2.45, 2.75) is 240 Å². The van der Waals surface area contributed by atoms with Gasteiger partial charge in [-0.25, -0.2) is 0 Å². The van der Waals surface area contributed by atoms with E-state index in [4.69, 9.17) is 9.47 Å². The highest BCUT2D eigenvalue weighted by molar-refractivity contribution is 5.69. The molecule has 3 aliphatic carbocycles. The molecule has 0 radical (unpaired) electrons. The summed E-state index contributed by atoms with van der Waals surface area (Å²) in [4.78, 5) is 12.9. The van der Waals surface area contributed by atoms with E-state index in [1.54, 1.807) is 0 Å². The van der Waals surface area contributed by atoms with E-state index in [0.717, 1.165) is 63.5 Å². The van der Waals surface area contributed by atoms with Crippen LogP contribution in [0.3, 0.4) is 0 Å². The van der Waals surface area contributed by atoms with Crippen LogP contribution in [-0.2, 0) is 14.3 Å². The molecular formula is C56H96O4. The van der Waals surface area contributed by atoms with Gasteiger partial charge in [-0.1, -0.05) is 166 Å². The summed E-state index contributed by atoms with van der Waals surface area (Å²) in [5.41, 5.74) is 1.35. The fraction of sp³-hybridized carbons (Fsp3) is 0.804. The lowest BCUT2D eigenvalue weighted by atomic mass is 9.42. The first-order chi connectivity index (χ1) is 29.2. The van der Waals surface area contributed by atoms with E-state index >= 15 is 0 Å². The standard InChI is InChI=1S/C56H96O4/c1-6-8-10-12-14-16-18-20-22-24-26-28-30-32-34-36-45-59-48-56-44-41-50-54(3,4)42-37-43-55(50,5)51(56)40-39-49(46-52(56)57)47-60-53(58)38-35-33-31-29-27-25-23-21-19-17-15-13-11-9-7-2/h14-17,20-23,39,50-52,57H,6-13,18-19,24-38,40-48H2,1-5H3/b16-14-,17-15-,22-20-,23-21-. The van der Waals surface area contributed by atoms with Crippen molar-refractivity contribution in [2.24, 2.45) is 28.1 Å². The van der Waals surface area contributed by atoms with Crippen molar-refractivity contribution in [1.29, 1.82) is 0 Å². The van der Waals surface area contributed by atoms with Gasteiger partial charge in [0.15, 0.2) is 0 Å². The first kappa shape index (κ1) is 52.4. The summed E-state index contributed by atoms with van der Waals surface area (Å²) >= 11 is 0. The highest BCUT2D eigenvalue weighted by Crippen LogP contribution is 2.66. The lowest BCUT2D eigenvalue weighted by Crippen LogP contribution is -2.60. The number of hydrogen-bond donors (Lipinski definition) is 1. The molecule has 5 atom stereocenters. The van der Waals surface area contributed by atoms with Gasteiger partial charge in [-0.2, -0.15) is 0 Å². The minimum absolute atomic E-state index is 0.0925. The summed E-state index contributed by atoms with van der Waals surface area (Å²) < 4.78 is 12.5. The van der Waals surface area contributed by atoms with E-state index in [-0.39, 0.29) is 16.8 Å². The average molecular weight is 833 g/mol. The summed E-state index contributed by atoms with van der Waals surface area (Å²) in [5.74, 6) is 0.938. The van der Waals surface area contributed by atoms with Gasteiger partial charge in [0, 0.05) is 18.4 Å². The maximum atomic E-state index is 12.9. The Morgan fingerprint density at radius 1 is 0.667 bits per heavy atom. The topological polar surface area (TPSA) is 55.8 Å². The molecule has 4 heteroatoms. The summed E-state index contributed by atoms with van der Waals surface area (Å²) in [6.07, 6.45) is 56.4. The Labute approximate surface area is 372 Å². The summed E-state index contributed by atoms with van der Waals surface area (Å²) in [5, 5.41) is 12.2. The van der Waals surface area contributed by atoms with Crippen LogP contribution >= 0.6 is 0 Å². The second-order valence-electron chi connectivity index (χ2n) is 20.3. The Bertz CT molecular complexity index is 1270. The predicted octanol–water partition coefficient (Wildman–Crippen LogP) is 16.5. The van der Waals surface area contributed by atoms with E-state index in [0.29, 0.717) is 43.3 Å². The predicted molar refractivity (Wildman–Crippen MR) is 258 cm³/mol. The molecule has 0 amide bonds. The third kappa shape index (κ3) is 19.2. The minimum Gasteiger partial charge on any atom is -0.461 e. The van der Waals surface area contributed by atoms with Crippen molar-refractivity contribution < 1.29 is 19.4 Å². The molecule has 3 aliphatic rings. The number of ether oxygens (including phenoxy) is 2. The van der Waals surface area contributed by atoms with Gasteiger partial charge in [0.2, 0.25) is 0 Å². The molecule has 0 bridgehead atoms. The van der Waals surface area contributed by atoms with E-state index < -0.39 is 6.10 Å². The van der Waals surface area contributed by atoms with Crippen LogP contribution in [0.4, 0.5) is 0 Å². The van der Waals surface area contributed by atoms with Gasteiger partial charge in [0.1, 0.15) is 6.61 Å². The van der Waals surface area contributed by atoms with Crippen LogP contribution in [0.25, 0.3) is 0 Å². The molecule has 3 rings (SSSR count). The molecular weight excluding hydrogens is 737 g/mol. The molecule has 1 N–H and O–H groups in total. The number of aliphatic hydroxyl groups excluding tert-OH is 1. The zero-order valence-corrected chi connectivity index (χ0v) is 40.1.